The van der Waals surface area contributed by atoms with E-state index in [0.29, 0.717) is 0 Å². The number of nitrogens with zero attached hydrogens (tertiary/aromatic N) is 2. The molecular weight excluding hydrogens is 292 g/mol. The number of hydrogen-bond acceptors (Lipinski definition) is 2. The zero-order valence-corrected chi connectivity index (χ0v) is 14.9. The van der Waals surface area contributed by atoms with Gasteiger partial charge in [0.25, 0.3) is 0 Å². The van der Waals surface area contributed by atoms with Gasteiger partial charge in [0.05, 0.1) is 0 Å². The lowest BCUT2D eigenvalue weighted by Crippen LogP contribution is -2.04. The van der Waals surface area contributed by atoms with Crippen LogP contribution in [0, 0.1) is 6.42 Å². The Morgan fingerprint density at radius 1 is 0.917 bits per heavy atom. The number of unbranched alkanes of at least 4 members (excludes halogenated alkanes) is 3. The van der Waals surface area contributed by atoms with Gasteiger partial charge in [-0.25, -0.2) is 9.97 Å². The molecule has 1 aromatic heterocycles. The monoisotopic (exact) mass is 321 g/mol. The molecule has 24 heavy (non-hydrogen) atoms. The molecule has 1 heterocycles. The highest BCUT2D eigenvalue weighted by atomic mass is 14.9. The van der Waals surface area contributed by atoms with Gasteiger partial charge in [0.2, 0.25) is 0 Å². The van der Waals surface area contributed by atoms with Crippen molar-refractivity contribution in [2.75, 3.05) is 0 Å². The minimum absolute atomic E-state index is 0.732. The lowest BCUT2D eigenvalue weighted by atomic mass is 9.84. The van der Waals surface area contributed by atoms with E-state index in [0.717, 1.165) is 23.7 Å². The van der Waals surface area contributed by atoms with E-state index in [1.165, 1.54) is 62.5 Å². The molecule has 0 bridgehead atoms. The summed E-state index contributed by atoms with van der Waals surface area (Å²) >= 11 is 0. The fourth-order valence-corrected chi connectivity index (χ4v) is 3.55. The van der Waals surface area contributed by atoms with Crippen molar-refractivity contribution < 1.29 is 0 Å². The molecule has 3 rings (SSSR count). The molecule has 0 saturated heterocycles. The highest BCUT2D eigenvalue weighted by molar-refractivity contribution is 5.55. The molecule has 1 aliphatic rings. The normalized spacial score (nSPS) is 15.5. The largest absolute Gasteiger partial charge is 0.236 e. The number of benzene rings is 1. The van der Waals surface area contributed by atoms with Gasteiger partial charge >= 0.3 is 0 Å². The van der Waals surface area contributed by atoms with Crippen LogP contribution in [-0.2, 0) is 6.42 Å². The summed E-state index contributed by atoms with van der Waals surface area (Å²) in [4.78, 5) is 9.15. The third kappa shape index (κ3) is 4.66. The van der Waals surface area contributed by atoms with Crippen molar-refractivity contribution in [2.45, 2.75) is 70.6 Å². The van der Waals surface area contributed by atoms with E-state index in [-0.39, 0.29) is 0 Å². The Morgan fingerprint density at radius 3 is 2.29 bits per heavy atom. The van der Waals surface area contributed by atoms with Crippen LogP contribution in [0.2, 0.25) is 0 Å². The quantitative estimate of drug-likeness (QED) is 0.573. The summed E-state index contributed by atoms with van der Waals surface area (Å²) in [6.45, 7) is 2.25. The maximum absolute atomic E-state index is 4.57. The molecule has 0 N–H and O–H groups in total. The maximum Gasteiger partial charge on any atom is 0.159 e. The number of aromatic nitrogens is 2. The average molecular weight is 321 g/mol. The second-order valence-electron chi connectivity index (χ2n) is 6.99. The lowest BCUT2D eigenvalue weighted by Gasteiger charge is -2.21. The minimum Gasteiger partial charge on any atom is -0.236 e. The van der Waals surface area contributed by atoms with Gasteiger partial charge < -0.3 is 0 Å². The van der Waals surface area contributed by atoms with Crippen molar-refractivity contribution in [3.8, 4) is 11.4 Å². The smallest absolute Gasteiger partial charge is 0.159 e. The highest BCUT2D eigenvalue weighted by Crippen LogP contribution is 2.32. The second-order valence-corrected chi connectivity index (χ2v) is 6.99. The Bertz CT molecular complexity index is 595. The molecule has 1 fully saturated rings. The molecule has 1 saturated carbocycles. The third-order valence-corrected chi connectivity index (χ3v) is 5.10. The van der Waals surface area contributed by atoms with Crippen LogP contribution in [0.5, 0.6) is 0 Å². The van der Waals surface area contributed by atoms with Crippen LogP contribution in [0.25, 0.3) is 11.4 Å². The molecule has 0 aliphatic heterocycles. The number of rotatable bonds is 7. The second kappa shape index (κ2) is 8.96. The van der Waals surface area contributed by atoms with Gasteiger partial charge in [0, 0.05) is 18.0 Å². The van der Waals surface area contributed by atoms with E-state index in [4.69, 9.17) is 0 Å². The van der Waals surface area contributed by atoms with Gasteiger partial charge in [-0.2, -0.15) is 0 Å². The van der Waals surface area contributed by atoms with Crippen molar-refractivity contribution in [3.05, 3.63) is 54.2 Å². The summed E-state index contributed by atoms with van der Waals surface area (Å²) in [6, 6.07) is 8.91. The predicted octanol–water partition coefficient (Wildman–Crippen LogP) is 6.13. The first kappa shape index (κ1) is 17.1. The first-order valence-corrected chi connectivity index (χ1v) is 9.59. The van der Waals surface area contributed by atoms with Gasteiger partial charge in [-0.15, -0.1) is 0 Å². The maximum atomic E-state index is 4.57. The number of hydrogen-bond donors (Lipinski definition) is 0. The summed E-state index contributed by atoms with van der Waals surface area (Å²) in [7, 11) is 0. The van der Waals surface area contributed by atoms with E-state index in [1.54, 1.807) is 0 Å². The number of aryl methyl sites for hydroxylation is 1. The average Bonchev–Trinajstić information content (AvgIpc) is 2.67. The summed E-state index contributed by atoms with van der Waals surface area (Å²) in [6.07, 6.45) is 17.8. The molecule has 0 atom stereocenters. The van der Waals surface area contributed by atoms with E-state index in [1.807, 2.05) is 12.4 Å². The van der Waals surface area contributed by atoms with E-state index in [9.17, 15) is 0 Å². The van der Waals surface area contributed by atoms with Crippen molar-refractivity contribution in [1.82, 2.24) is 9.97 Å². The van der Waals surface area contributed by atoms with Crippen LogP contribution in [-0.4, -0.2) is 9.97 Å². The van der Waals surface area contributed by atoms with Gasteiger partial charge in [-0.3, -0.25) is 0 Å². The zero-order valence-electron chi connectivity index (χ0n) is 14.9. The molecule has 2 heteroatoms. The van der Waals surface area contributed by atoms with Crippen molar-refractivity contribution in [1.29, 1.82) is 0 Å². The van der Waals surface area contributed by atoms with Crippen molar-refractivity contribution in [2.24, 2.45) is 0 Å². The van der Waals surface area contributed by atoms with Gasteiger partial charge in [-0.1, -0.05) is 50.5 Å². The van der Waals surface area contributed by atoms with Crippen molar-refractivity contribution >= 4 is 0 Å². The van der Waals surface area contributed by atoms with Crippen LogP contribution >= 0.6 is 0 Å². The Labute approximate surface area is 146 Å². The predicted molar refractivity (Wildman–Crippen MR) is 101 cm³/mol. The van der Waals surface area contributed by atoms with Crippen LogP contribution in [0.4, 0.5) is 0 Å². The van der Waals surface area contributed by atoms with Gasteiger partial charge in [0.15, 0.2) is 5.82 Å². The molecule has 2 aromatic rings. The highest BCUT2D eigenvalue weighted by Gasteiger charge is 2.15. The standard InChI is InChI=1S/C22H29N2/c1-2-3-4-6-9-18-16-23-22(24-17-18)21-14-12-20(13-15-21)19-10-7-5-8-11-19/h5,12-17,19H,2-4,6-11H2,1H3. The summed E-state index contributed by atoms with van der Waals surface area (Å²) in [5.74, 6) is 1.58. The molecule has 127 valence electrons. The van der Waals surface area contributed by atoms with E-state index in [2.05, 4.69) is 47.6 Å². The van der Waals surface area contributed by atoms with E-state index < -0.39 is 0 Å². The van der Waals surface area contributed by atoms with Gasteiger partial charge in [0.1, 0.15) is 0 Å². The SMILES string of the molecule is CCCCCCc1cnc(-c2ccc(C3CC[CH]CC3)cc2)nc1. The van der Waals surface area contributed by atoms with E-state index >= 15 is 0 Å². The molecule has 0 spiro atoms. The summed E-state index contributed by atoms with van der Waals surface area (Å²) < 4.78 is 0. The molecule has 0 unspecified atom stereocenters. The molecule has 1 radical (unpaired) electrons. The van der Waals surface area contributed by atoms with Crippen LogP contribution in [0.1, 0.15) is 75.3 Å². The topological polar surface area (TPSA) is 25.8 Å². The lowest BCUT2D eigenvalue weighted by molar-refractivity contribution is 0.512. The fourth-order valence-electron chi connectivity index (χ4n) is 3.55. The van der Waals surface area contributed by atoms with Gasteiger partial charge in [-0.05, 0) is 62.0 Å². The third-order valence-electron chi connectivity index (χ3n) is 5.10. The summed E-state index contributed by atoms with van der Waals surface area (Å²) in [5.41, 5.74) is 3.85. The van der Waals surface area contributed by atoms with Crippen LogP contribution < -0.4 is 0 Å². The van der Waals surface area contributed by atoms with Crippen LogP contribution in [0.3, 0.4) is 0 Å². The first-order chi connectivity index (χ1) is 11.9. The molecule has 1 aromatic carbocycles. The Kier molecular flexibility index (Phi) is 6.40. The molecule has 0 amide bonds. The zero-order chi connectivity index (χ0) is 16.6. The molecular formula is C22H29N2. The molecule has 1 aliphatic carbocycles. The summed E-state index contributed by atoms with van der Waals surface area (Å²) in [5, 5.41) is 0. The Balaban J connectivity index is 1.59. The minimum atomic E-state index is 0.732. The first-order valence-electron chi connectivity index (χ1n) is 9.59. The Hall–Kier alpha value is -1.70. The fraction of sp³-hybridized carbons (Fsp3) is 0.500. The van der Waals surface area contributed by atoms with Crippen molar-refractivity contribution in [3.63, 3.8) is 0 Å². The Morgan fingerprint density at radius 2 is 1.62 bits per heavy atom. The van der Waals surface area contributed by atoms with Crippen LogP contribution in [0.15, 0.2) is 36.7 Å². The molecule has 2 nitrogen and oxygen atoms in total.